The molecule has 1 N–H and O–H groups in total. The fraction of sp³-hybridized carbons (Fsp3) is 0.389. The molecule has 24 heavy (non-hydrogen) atoms. The van der Waals surface area contributed by atoms with E-state index in [-0.39, 0.29) is 0 Å². The van der Waals surface area contributed by atoms with Gasteiger partial charge in [0, 0.05) is 36.0 Å². The summed E-state index contributed by atoms with van der Waals surface area (Å²) in [7, 11) is 2.17. The fourth-order valence-corrected chi connectivity index (χ4v) is 3.73. The van der Waals surface area contributed by atoms with E-state index in [1.54, 1.807) is 0 Å². The Bertz CT molecular complexity index is 884. The van der Waals surface area contributed by atoms with Gasteiger partial charge in [-0.3, -0.25) is 0 Å². The number of fused-ring (bicyclic) bond motifs is 3. The Morgan fingerprint density at radius 3 is 2.71 bits per heavy atom. The summed E-state index contributed by atoms with van der Waals surface area (Å²) in [5.74, 6) is 1.86. The SMILES string of the molecule is CN1CCN(C2=Nc3c(oc4ccc(Br)cc34)C(=C3CC3)N2)CC1. The van der Waals surface area contributed by atoms with Crippen molar-refractivity contribution in [1.82, 2.24) is 15.1 Å². The molecule has 2 fully saturated rings. The molecular weight excluding hydrogens is 368 g/mol. The van der Waals surface area contributed by atoms with E-state index in [1.807, 2.05) is 12.1 Å². The van der Waals surface area contributed by atoms with Crippen molar-refractivity contribution in [1.29, 1.82) is 0 Å². The van der Waals surface area contributed by atoms with E-state index in [0.29, 0.717) is 0 Å². The third-order valence-electron chi connectivity index (χ3n) is 4.96. The number of nitrogens with zero attached hydrogens (tertiary/aromatic N) is 3. The van der Waals surface area contributed by atoms with Gasteiger partial charge in [0.2, 0.25) is 5.96 Å². The minimum absolute atomic E-state index is 0.895. The molecule has 1 aromatic carbocycles. The molecule has 2 aromatic rings. The van der Waals surface area contributed by atoms with Crippen LogP contribution in [0.2, 0.25) is 0 Å². The van der Waals surface area contributed by atoms with E-state index < -0.39 is 0 Å². The smallest absolute Gasteiger partial charge is 0.204 e. The van der Waals surface area contributed by atoms with Crippen molar-refractivity contribution in [3.05, 3.63) is 34.0 Å². The van der Waals surface area contributed by atoms with Crippen LogP contribution in [-0.2, 0) is 0 Å². The van der Waals surface area contributed by atoms with Gasteiger partial charge in [0.25, 0.3) is 0 Å². The topological polar surface area (TPSA) is 44.0 Å². The van der Waals surface area contributed by atoms with Crippen molar-refractivity contribution in [2.75, 3.05) is 33.2 Å². The number of aliphatic imine (C=N–C) groups is 1. The summed E-state index contributed by atoms with van der Waals surface area (Å²) in [5.41, 5.74) is 4.44. The number of guanidine groups is 1. The molecule has 1 saturated carbocycles. The highest BCUT2D eigenvalue weighted by atomic mass is 79.9. The summed E-state index contributed by atoms with van der Waals surface area (Å²) in [6, 6.07) is 6.13. The maximum Gasteiger partial charge on any atom is 0.204 e. The zero-order valence-electron chi connectivity index (χ0n) is 13.6. The summed E-state index contributed by atoms with van der Waals surface area (Å²) < 4.78 is 7.19. The molecule has 0 radical (unpaired) electrons. The van der Waals surface area contributed by atoms with Gasteiger partial charge >= 0.3 is 0 Å². The summed E-state index contributed by atoms with van der Waals surface area (Å²) in [6.07, 6.45) is 2.30. The van der Waals surface area contributed by atoms with E-state index in [0.717, 1.165) is 77.6 Å². The minimum atomic E-state index is 0.895. The fourth-order valence-electron chi connectivity index (χ4n) is 3.37. The largest absolute Gasteiger partial charge is 0.452 e. The Morgan fingerprint density at radius 2 is 1.96 bits per heavy atom. The number of piperazine rings is 1. The monoisotopic (exact) mass is 386 g/mol. The van der Waals surface area contributed by atoms with E-state index >= 15 is 0 Å². The standard InChI is InChI=1S/C18H19BrN4O/c1-22-6-8-23(9-7-22)18-20-15(11-2-3-11)17-16(21-18)13-10-12(19)4-5-14(13)24-17/h4-5,10H,2-3,6-9H2,1H3,(H,20,21). The summed E-state index contributed by atoms with van der Waals surface area (Å²) in [6.45, 7) is 4.13. The third kappa shape index (κ3) is 2.36. The van der Waals surface area contributed by atoms with Gasteiger partial charge in [0.15, 0.2) is 5.76 Å². The van der Waals surface area contributed by atoms with Crippen molar-refractivity contribution in [2.45, 2.75) is 12.8 Å². The van der Waals surface area contributed by atoms with Gasteiger partial charge in [-0.2, -0.15) is 0 Å². The van der Waals surface area contributed by atoms with Gasteiger partial charge in [-0.25, -0.2) is 4.99 Å². The number of hydrogen-bond donors (Lipinski definition) is 1. The highest BCUT2D eigenvalue weighted by Crippen LogP contribution is 2.45. The first-order chi connectivity index (χ1) is 11.7. The van der Waals surface area contributed by atoms with Crippen LogP contribution in [0.5, 0.6) is 0 Å². The molecule has 1 aliphatic carbocycles. The normalized spacial score (nSPS) is 20.9. The molecular formula is C18H19BrN4O. The van der Waals surface area contributed by atoms with Crippen LogP contribution < -0.4 is 5.32 Å². The predicted molar refractivity (Wildman–Crippen MR) is 99.4 cm³/mol. The molecule has 0 unspecified atom stereocenters. The second-order valence-electron chi connectivity index (χ2n) is 6.75. The highest BCUT2D eigenvalue weighted by Gasteiger charge is 2.31. The number of rotatable bonds is 0. The van der Waals surface area contributed by atoms with Crippen LogP contribution in [0.3, 0.4) is 0 Å². The Morgan fingerprint density at radius 1 is 1.17 bits per heavy atom. The van der Waals surface area contributed by atoms with Gasteiger partial charge in [0.05, 0.1) is 5.70 Å². The lowest BCUT2D eigenvalue weighted by Crippen LogP contribution is -2.51. The van der Waals surface area contributed by atoms with Gasteiger partial charge in [-0.05, 0) is 43.7 Å². The summed E-state index contributed by atoms with van der Waals surface area (Å²) >= 11 is 3.57. The van der Waals surface area contributed by atoms with Crippen LogP contribution in [0.4, 0.5) is 5.69 Å². The van der Waals surface area contributed by atoms with Crippen LogP contribution in [0, 0.1) is 0 Å². The number of benzene rings is 1. The molecule has 0 spiro atoms. The van der Waals surface area contributed by atoms with E-state index in [4.69, 9.17) is 9.41 Å². The number of halogens is 1. The van der Waals surface area contributed by atoms with Crippen molar-refractivity contribution in [2.24, 2.45) is 4.99 Å². The molecule has 5 rings (SSSR count). The van der Waals surface area contributed by atoms with E-state index in [1.165, 1.54) is 5.57 Å². The van der Waals surface area contributed by atoms with Gasteiger partial charge in [0.1, 0.15) is 11.3 Å². The Hall–Kier alpha value is -1.79. The lowest BCUT2D eigenvalue weighted by atomic mass is 10.1. The molecule has 6 heteroatoms. The molecule has 124 valence electrons. The van der Waals surface area contributed by atoms with Gasteiger partial charge < -0.3 is 19.5 Å². The highest BCUT2D eigenvalue weighted by molar-refractivity contribution is 9.10. The molecule has 3 heterocycles. The third-order valence-corrected chi connectivity index (χ3v) is 5.46. The van der Waals surface area contributed by atoms with Gasteiger partial charge in [-0.1, -0.05) is 15.9 Å². The van der Waals surface area contributed by atoms with Crippen LogP contribution in [-0.4, -0.2) is 49.0 Å². The van der Waals surface area contributed by atoms with Crippen molar-refractivity contribution >= 4 is 44.2 Å². The van der Waals surface area contributed by atoms with Crippen molar-refractivity contribution < 1.29 is 4.42 Å². The zero-order valence-corrected chi connectivity index (χ0v) is 15.2. The molecule has 0 bridgehead atoms. The Labute approximate surface area is 149 Å². The zero-order chi connectivity index (χ0) is 16.3. The summed E-state index contributed by atoms with van der Waals surface area (Å²) in [5, 5.41) is 4.64. The molecule has 0 atom stereocenters. The second-order valence-corrected chi connectivity index (χ2v) is 7.67. The van der Waals surface area contributed by atoms with Gasteiger partial charge in [-0.15, -0.1) is 0 Å². The number of likely N-dealkylation sites (N-methyl/N-ethyl adjacent to an activating group) is 1. The van der Waals surface area contributed by atoms with Crippen LogP contribution >= 0.6 is 15.9 Å². The maximum absolute atomic E-state index is 6.14. The number of hydrogen-bond acceptors (Lipinski definition) is 5. The average Bonchev–Trinajstić information content (AvgIpc) is 3.37. The lowest BCUT2D eigenvalue weighted by molar-refractivity contribution is 0.212. The quantitative estimate of drug-likeness (QED) is 0.751. The number of nitrogens with one attached hydrogen (secondary N) is 1. The molecule has 2 aliphatic heterocycles. The molecule has 3 aliphatic rings. The van der Waals surface area contributed by atoms with Crippen molar-refractivity contribution in [3.63, 3.8) is 0 Å². The molecule has 0 amide bonds. The summed E-state index contributed by atoms with van der Waals surface area (Å²) in [4.78, 5) is 9.65. The van der Waals surface area contributed by atoms with Crippen molar-refractivity contribution in [3.8, 4) is 0 Å². The van der Waals surface area contributed by atoms with Crippen LogP contribution in [0.15, 0.2) is 37.7 Å². The first-order valence-corrected chi connectivity index (χ1v) is 9.22. The Kier molecular flexibility index (Phi) is 3.25. The Balaban J connectivity index is 1.64. The lowest BCUT2D eigenvalue weighted by Gasteiger charge is -2.35. The minimum Gasteiger partial charge on any atom is -0.452 e. The van der Waals surface area contributed by atoms with E-state index in [2.05, 4.69) is 44.2 Å². The van der Waals surface area contributed by atoms with Crippen LogP contribution in [0.1, 0.15) is 18.6 Å². The predicted octanol–water partition coefficient (Wildman–Crippen LogP) is 3.54. The van der Waals surface area contributed by atoms with Crippen LogP contribution in [0.25, 0.3) is 16.7 Å². The second kappa shape index (κ2) is 5.36. The average molecular weight is 387 g/mol. The molecule has 1 saturated heterocycles. The molecule has 5 nitrogen and oxygen atoms in total. The molecule has 1 aromatic heterocycles. The first kappa shape index (κ1) is 14.5. The first-order valence-electron chi connectivity index (χ1n) is 8.43. The maximum atomic E-state index is 6.14. The van der Waals surface area contributed by atoms with E-state index in [9.17, 15) is 0 Å². The number of furan rings is 1. The number of allylic oxidation sites excluding steroid dienone is 1.